The molecule has 0 saturated carbocycles. The molecular weight excluding hydrogens is 471 g/mol. The van der Waals surface area contributed by atoms with Crippen LogP contribution in [0.15, 0.2) is 34.9 Å². The van der Waals surface area contributed by atoms with Crippen molar-refractivity contribution in [2.45, 2.75) is 32.2 Å². The van der Waals surface area contributed by atoms with Gasteiger partial charge in [0.25, 0.3) is 0 Å². The molecule has 2 N–H and O–H groups in total. The molecule has 150 valence electrons. The van der Waals surface area contributed by atoms with Crippen LogP contribution in [0.1, 0.15) is 36.2 Å². The molecule has 0 bridgehead atoms. The zero-order valence-electron chi connectivity index (χ0n) is 16.2. The zero-order valence-corrected chi connectivity index (χ0v) is 19.4. The van der Waals surface area contributed by atoms with Gasteiger partial charge in [-0.1, -0.05) is 6.07 Å². The lowest BCUT2D eigenvalue weighted by atomic mass is 10.2. The van der Waals surface area contributed by atoms with E-state index in [1.54, 1.807) is 0 Å². The monoisotopic (exact) mass is 502 g/mol. The second kappa shape index (κ2) is 11.7. The highest BCUT2D eigenvalue weighted by molar-refractivity contribution is 14.0. The third kappa shape index (κ3) is 6.76. The van der Waals surface area contributed by atoms with Gasteiger partial charge < -0.3 is 10.6 Å². The van der Waals surface area contributed by atoms with Crippen molar-refractivity contribution in [3.8, 4) is 0 Å². The van der Waals surface area contributed by atoms with Crippen molar-refractivity contribution in [3.63, 3.8) is 0 Å². The molecule has 1 unspecified atom stereocenters. The Hall–Kier alpha value is -1.13. The Morgan fingerprint density at radius 2 is 2.15 bits per heavy atom. The van der Waals surface area contributed by atoms with E-state index in [4.69, 9.17) is 4.99 Å². The molecular formula is C19H31IN6S. The summed E-state index contributed by atoms with van der Waals surface area (Å²) in [5.41, 5.74) is 1.24. The van der Waals surface area contributed by atoms with Gasteiger partial charge in [0.15, 0.2) is 5.96 Å². The first kappa shape index (κ1) is 22.2. The number of halogens is 1. The summed E-state index contributed by atoms with van der Waals surface area (Å²) in [4.78, 5) is 8.89. The predicted molar refractivity (Wildman–Crippen MR) is 124 cm³/mol. The number of aliphatic imine (C=N–C) groups is 1. The topological polar surface area (TPSA) is 57.5 Å². The molecule has 27 heavy (non-hydrogen) atoms. The van der Waals surface area contributed by atoms with Crippen molar-refractivity contribution in [1.29, 1.82) is 0 Å². The van der Waals surface area contributed by atoms with Crippen LogP contribution in [-0.4, -0.2) is 53.4 Å². The van der Waals surface area contributed by atoms with Crippen LogP contribution in [0.5, 0.6) is 0 Å². The Morgan fingerprint density at radius 3 is 2.78 bits per heavy atom. The molecule has 0 spiro atoms. The Kier molecular flexibility index (Phi) is 9.57. The van der Waals surface area contributed by atoms with Gasteiger partial charge in [0.2, 0.25) is 0 Å². The van der Waals surface area contributed by atoms with Gasteiger partial charge in [-0.05, 0) is 56.3 Å². The van der Waals surface area contributed by atoms with Crippen molar-refractivity contribution >= 4 is 41.3 Å². The lowest BCUT2D eigenvalue weighted by molar-refractivity contribution is 0.255. The summed E-state index contributed by atoms with van der Waals surface area (Å²) < 4.78 is 1.84. The highest BCUT2D eigenvalue weighted by Gasteiger charge is 2.24. The summed E-state index contributed by atoms with van der Waals surface area (Å²) in [6, 6.07) is 4.78. The summed E-state index contributed by atoms with van der Waals surface area (Å²) in [5.74, 6) is 0.900. The molecule has 0 aliphatic carbocycles. The summed E-state index contributed by atoms with van der Waals surface area (Å²) in [7, 11) is 1.95. The standard InChI is InChI=1S/C19H30N6S.HI/c1-3-20-19(21-9-8-16-13-23-24(2)15-16)22-14-17(18-7-6-12-26-18)25-10-4-5-11-25;/h6-7,12-13,15,17H,3-5,8-11,14H2,1-2H3,(H2,20,21,22);1H. The molecule has 1 saturated heterocycles. The second-order valence-corrected chi connectivity index (χ2v) is 7.67. The van der Waals surface area contributed by atoms with Crippen molar-refractivity contribution < 1.29 is 0 Å². The fourth-order valence-corrected chi connectivity index (χ4v) is 4.22. The first-order valence-corrected chi connectivity index (χ1v) is 10.4. The molecule has 0 radical (unpaired) electrons. The highest BCUT2D eigenvalue weighted by Crippen LogP contribution is 2.28. The maximum Gasteiger partial charge on any atom is 0.191 e. The molecule has 2 aromatic rings. The van der Waals surface area contributed by atoms with Crippen molar-refractivity contribution in [2.75, 3.05) is 32.7 Å². The number of aromatic nitrogens is 2. The average molecular weight is 502 g/mol. The van der Waals surface area contributed by atoms with E-state index in [1.165, 1.54) is 36.4 Å². The van der Waals surface area contributed by atoms with Crippen LogP contribution in [0.4, 0.5) is 0 Å². The quantitative estimate of drug-likeness (QED) is 0.331. The predicted octanol–water partition coefficient (Wildman–Crippen LogP) is 3.03. The van der Waals surface area contributed by atoms with E-state index in [1.807, 2.05) is 29.3 Å². The molecule has 6 nitrogen and oxygen atoms in total. The smallest absolute Gasteiger partial charge is 0.191 e. The van der Waals surface area contributed by atoms with E-state index < -0.39 is 0 Å². The molecule has 3 rings (SSSR count). The van der Waals surface area contributed by atoms with Crippen LogP contribution in [-0.2, 0) is 13.5 Å². The normalized spacial score (nSPS) is 16.1. The minimum Gasteiger partial charge on any atom is -0.357 e. The van der Waals surface area contributed by atoms with Crippen LogP contribution in [0.3, 0.4) is 0 Å². The molecule has 0 amide bonds. The minimum absolute atomic E-state index is 0. The lowest BCUT2D eigenvalue weighted by Crippen LogP contribution is -2.39. The van der Waals surface area contributed by atoms with E-state index >= 15 is 0 Å². The minimum atomic E-state index is 0. The Morgan fingerprint density at radius 1 is 1.33 bits per heavy atom. The van der Waals surface area contributed by atoms with Gasteiger partial charge >= 0.3 is 0 Å². The van der Waals surface area contributed by atoms with Crippen LogP contribution >= 0.6 is 35.3 Å². The van der Waals surface area contributed by atoms with Crippen LogP contribution < -0.4 is 10.6 Å². The molecule has 1 aliphatic rings. The SMILES string of the molecule is CCNC(=NCC(c1cccs1)N1CCCC1)NCCc1cnn(C)c1.I. The van der Waals surface area contributed by atoms with Gasteiger partial charge in [-0.15, -0.1) is 35.3 Å². The molecule has 1 fully saturated rings. The van der Waals surface area contributed by atoms with Gasteiger partial charge in [-0.25, -0.2) is 0 Å². The first-order chi connectivity index (χ1) is 12.8. The van der Waals surface area contributed by atoms with E-state index in [0.717, 1.165) is 32.0 Å². The van der Waals surface area contributed by atoms with Gasteiger partial charge in [0, 0.05) is 31.2 Å². The molecule has 1 atom stereocenters. The van der Waals surface area contributed by atoms with Gasteiger partial charge in [-0.2, -0.15) is 5.10 Å². The number of nitrogens with one attached hydrogen (secondary N) is 2. The fourth-order valence-electron chi connectivity index (χ4n) is 3.37. The number of likely N-dealkylation sites (tertiary alicyclic amines) is 1. The largest absolute Gasteiger partial charge is 0.357 e. The zero-order chi connectivity index (χ0) is 18.2. The molecule has 0 aromatic carbocycles. The summed E-state index contributed by atoms with van der Waals surface area (Å²) in [6.07, 6.45) is 7.53. The van der Waals surface area contributed by atoms with Gasteiger partial charge in [-0.3, -0.25) is 14.6 Å². The van der Waals surface area contributed by atoms with Crippen molar-refractivity contribution in [1.82, 2.24) is 25.3 Å². The van der Waals surface area contributed by atoms with E-state index in [0.29, 0.717) is 6.04 Å². The number of aryl methyl sites for hydroxylation is 1. The Balaban J connectivity index is 0.00000261. The molecule has 1 aliphatic heterocycles. The lowest BCUT2D eigenvalue weighted by Gasteiger charge is -2.25. The number of hydrogen-bond donors (Lipinski definition) is 2. The van der Waals surface area contributed by atoms with Crippen LogP contribution in [0.25, 0.3) is 0 Å². The first-order valence-electron chi connectivity index (χ1n) is 9.53. The van der Waals surface area contributed by atoms with Gasteiger partial charge in [0.05, 0.1) is 18.8 Å². The number of thiophene rings is 1. The average Bonchev–Trinajstić information content (AvgIpc) is 3.38. The number of guanidine groups is 1. The summed E-state index contributed by atoms with van der Waals surface area (Å²) in [6.45, 7) is 6.99. The number of rotatable bonds is 8. The second-order valence-electron chi connectivity index (χ2n) is 6.69. The van der Waals surface area contributed by atoms with E-state index in [-0.39, 0.29) is 24.0 Å². The Labute approximate surface area is 183 Å². The van der Waals surface area contributed by atoms with Crippen molar-refractivity contribution in [2.24, 2.45) is 12.0 Å². The van der Waals surface area contributed by atoms with Gasteiger partial charge in [0.1, 0.15) is 0 Å². The molecule has 8 heteroatoms. The third-order valence-electron chi connectivity index (χ3n) is 4.68. The Bertz CT molecular complexity index is 678. The third-order valence-corrected chi connectivity index (χ3v) is 5.66. The summed E-state index contributed by atoms with van der Waals surface area (Å²) >= 11 is 1.84. The van der Waals surface area contributed by atoms with E-state index in [2.05, 4.69) is 51.3 Å². The number of nitrogens with zero attached hydrogens (tertiary/aromatic N) is 4. The number of hydrogen-bond acceptors (Lipinski definition) is 4. The molecule has 3 heterocycles. The van der Waals surface area contributed by atoms with Crippen LogP contribution in [0, 0.1) is 0 Å². The molecule has 2 aromatic heterocycles. The van der Waals surface area contributed by atoms with E-state index in [9.17, 15) is 0 Å². The summed E-state index contributed by atoms with van der Waals surface area (Å²) in [5, 5.41) is 13.2. The highest BCUT2D eigenvalue weighted by atomic mass is 127. The van der Waals surface area contributed by atoms with Crippen molar-refractivity contribution in [3.05, 3.63) is 40.3 Å². The van der Waals surface area contributed by atoms with Crippen LogP contribution in [0.2, 0.25) is 0 Å². The fraction of sp³-hybridized carbons (Fsp3) is 0.579. The maximum absolute atomic E-state index is 4.89. The maximum atomic E-state index is 4.89.